The molecule has 3 nitrogen and oxygen atoms in total. The van der Waals surface area contributed by atoms with E-state index in [1.807, 2.05) is 13.0 Å². The quantitative estimate of drug-likeness (QED) is 0.843. The summed E-state index contributed by atoms with van der Waals surface area (Å²) in [5, 5.41) is 9.81. The molecule has 0 heterocycles. The molecule has 0 saturated heterocycles. The molecule has 1 fully saturated rings. The summed E-state index contributed by atoms with van der Waals surface area (Å²) in [7, 11) is 0. The average molecular weight is 283 g/mol. The number of nitrogens with zero attached hydrogens (tertiary/aromatic N) is 1. The highest BCUT2D eigenvalue weighted by atomic mass is 35.5. The van der Waals surface area contributed by atoms with Gasteiger partial charge in [-0.05, 0) is 50.3 Å². The van der Waals surface area contributed by atoms with E-state index in [4.69, 9.17) is 22.4 Å². The lowest BCUT2D eigenvalue weighted by Crippen LogP contribution is -2.41. The zero-order chi connectivity index (χ0) is 13.8. The zero-order valence-electron chi connectivity index (χ0n) is 11.5. The molecule has 1 atom stereocenters. The van der Waals surface area contributed by atoms with Crippen molar-refractivity contribution in [2.45, 2.75) is 44.7 Å². The van der Waals surface area contributed by atoms with Crippen LogP contribution >= 0.6 is 11.6 Å². The van der Waals surface area contributed by atoms with Crippen LogP contribution in [0.25, 0.3) is 0 Å². The van der Waals surface area contributed by atoms with E-state index < -0.39 is 0 Å². The third-order valence-electron chi connectivity index (χ3n) is 3.88. The highest BCUT2D eigenvalue weighted by Crippen LogP contribution is 2.35. The summed E-state index contributed by atoms with van der Waals surface area (Å²) >= 11 is 6.41. The molecule has 2 rings (SSSR count). The molecule has 0 radical (unpaired) electrons. The zero-order valence-corrected chi connectivity index (χ0v) is 12.2. The Kier molecular flexibility index (Phi) is 5.08. The third-order valence-corrected chi connectivity index (χ3v) is 4.18. The maximum absolute atomic E-state index is 9.04. The molecule has 1 aliphatic carbocycles. The normalized spacial score (nSPS) is 17.1. The number of halogens is 1. The molecule has 1 saturated carbocycles. The smallest absolute Gasteiger partial charge is 0.0642 e. The fourth-order valence-electron chi connectivity index (χ4n) is 2.48. The van der Waals surface area contributed by atoms with Gasteiger partial charge in [0.1, 0.15) is 0 Å². The number of anilines is 1. The molecule has 19 heavy (non-hydrogen) atoms. The van der Waals surface area contributed by atoms with Crippen LogP contribution in [0.5, 0.6) is 0 Å². The Morgan fingerprint density at radius 3 is 2.68 bits per heavy atom. The number of aliphatic hydroxyl groups excluding tert-OH is 1. The molecule has 3 N–H and O–H groups in total. The third kappa shape index (κ3) is 3.41. The van der Waals surface area contributed by atoms with Crippen LogP contribution < -0.4 is 10.6 Å². The van der Waals surface area contributed by atoms with Crippen LogP contribution in [0.3, 0.4) is 0 Å². The highest BCUT2D eigenvalue weighted by molar-refractivity contribution is 6.33. The van der Waals surface area contributed by atoms with Crippen molar-refractivity contribution >= 4 is 17.3 Å². The molecule has 0 bridgehead atoms. The van der Waals surface area contributed by atoms with E-state index >= 15 is 0 Å². The molecular formula is C15H23ClN2O. The highest BCUT2D eigenvalue weighted by Gasteiger charge is 2.26. The van der Waals surface area contributed by atoms with Gasteiger partial charge in [0.25, 0.3) is 0 Å². The molecule has 0 spiro atoms. The minimum Gasteiger partial charge on any atom is -0.396 e. The fraction of sp³-hybridized carbons (Fsp3) is 0.600. The Labute approximate surface area is 120 Å². The largest absolute Gasteiger partial charge is 0.396 e. The van der Waals surface area contributed by atoms with Crippen LogP contribution in [-0.2, 0) is 0 Å². The summed E-state index contributed by atoms with van der Waals surface area (Å²) in [4.78, 5) is 2.34. The standard InChI is InChI=1S/C15H23ClN2O/c1-11(17)12-6-7-15(14(16)10-12)18(8-3-9-19)13-4-2-5-13/h6-7,10-11,13,19H,2-5,8-9,17H2,1H3. The second-order valence-electron chi connectivity index (χ2n) is 5.35. The van der Waals surface area contributed by atoms with Crippen molar-refractivity contribution in [3.05, 3.63) is 28.8 Å². The number of aliphatic hydroxyl groups is 1. The molecule has 0 aliphatic heterocycles. The monoisotopic (exact) mass is 282 g/mol. The Morgan fingerprint density at radius 2 is 2.21 bits per heavy atom. The summed E-state index contributed by atoms with van der Waals surface area (Å²) < 4.78 is 0. The van der Waals surface area contributed by atoms with Crippen LogP contribution in [0.2, 0.25) is 5.02 Å². The first-order valence-electron chi connectivity index (χ1n) is 7.06. The second-order valence-corrected chi connectivity index (χ2v) is 5.76. The molecule has 0 amide bonds. The predicted octanol–water partition coefficient (Wildman–Crippen LogP) is 3.10. The number of hydrogen-bond donors (Lipinski definition) is 2. The summed E-state index contributed by atoms with van der Waals surface area (Å²) in [6.07, 6.45) is 4.51. The van der Waals surface area contributed by atoms with Gasteiger partial charge in [-0.3, -0.25) is 0 Å². The Bertz CT molecular complexity index is 419. The Morgan fingerprint density at radius 1 is 1.47 bits per heavy atom. The van der Waals surface area contributed by atoms with Gasteiger partial charge in [-0.1, -0.05) is 17.7 Å². The Hall–Kier alpha value is -0.770. The van der Waals surface area contributed by atoms with E-state index in [2.05, 4.69) is 17.0 Å². The van der Waals surface area contributed by atoms with Crippen molar-refractivity contribution in [1.29, 1.82) is 0 Å². The minimum atomic E-state index is 0.00106. The second kappa shape index (κ2) is 6.60. The first kappa shape index (κ1) is 14.6. The molecule has 1 aromatic carbocycles. The molecule has 106 valence electrons. The molecular weight excluding hydrogens is 260 g/mol. The van der Waals surface area contributed by atoms with Gasteiger partial charge in [-0.25, -0.2) is 0 Å². The summed E-state index contributed by atoms with van der Waals surface area (Å²) in [5.74, 6) is 0. The topological polar surface area (TPSA) is 49.5 Å². The van der Waals surface area contributed by atoms with Crippen LogP contribution in [0, 0.1) is 0 Å². The van der Waals surface area contributed by atoms with E-state index in [9.17, 15) is 0 Å². The lowest BCUT2D eigenvalue weighted by atomic mass is 9.90. The van der Waals surface area contributed by atoms with E-state index in [0.717, 1.165) is 29.2 Å². The van der Waals surface area contributed by atoms with E-state index in [-0.39, 0.29) is 12.6 Å². The number of benzene rings is 1. The number of rotatable bonds is 6. The van der Waals surface area contributed by atoms with E-state index in [1.165, 1.54) is 19.3 Å². The van der Waals surface area contributed by atoms with E-state index in [1.54, 1.807) is 0 Å². The van der Waals surface area contributed by atoms with Gasteiger partial charge in [0.05, 0.1) is 10.7 Å². The number of hydrogen-bond acceptors (Lipinski definition) is 3. The lowest BCUT2D eigenvalue weighted by Gasteiger charge is -2.40. The van der Waals surface area contributed by atoms with Crippen molar-refractivity contribution in [2.24, 2.45) is 5.73 Å². The predicted molar refractivity (Wildman–Crippen MR) is 80.7 cm³/mol. The van der Waals surface area contributed by atoms with Gasteiger partial charge in [0.15, 0.2) is 0 Å². The van der Waals surface area contributed by atoms with Gasteiger partial charge in [0, 0.05) is 25.2 Å². The van der Waals surface area contributed by atoms with E-state index in [0.29, 0.717) is 6.04 Å². The lowest BCUT2D eigenvalue weighted by molar-refractivity contribution is 0.283. The van der Waals surface area contributed by atoms with Gasteiger partial charge >= 0.3 is 0 Å². The van der Waals surface area contributed by atoms with Crippen molar-refractivity contribution in [3.63, 3.8) is 0 Å². The maximum Gasteiger partial charge on any atom is 0.0642 e. The van der Waals surface area contributed by atoms with Gasteiger partial charge in [0.2, 0.25) is 0 Å². The maximum atomic E-state index is 9.04. The van der Waals surface area contributed by atoms with Crippen LogP contribution in [-0.4, -0.2) is 24.3 Å². The van der Waals surface area contributed by atoms with Crippen molar-refractivity contribution in [3.8, 4) is 0 Å². The fourth-order valence-corrected chi connectivity index (χ4v) is 2.78. The summed E-state index contributed by atoms with van der Waals surface area (Å²) in [5.41, 5.74) is 8.01. The number of nitrogens with two attached hydrogens (primary N) is 1. The first-order chi connectivity index (χ1) is 9.13. The van der Waals surface area contributed by atoms with Crippen LogP contribution in [0.4, 0.5) is 5.69 Å². The average Bonchev–Trinajstić information content (AvgIpc) is 2.32. The molecule has 1 aliphatic rings. The SMILES string of the molecule is CC(N)c1ccc(N(CCCO)C2CCC2)c(Cl)c1. The molecule has 4 heteroatoms. The molecule has 1 aromatic rings. The Balaban J connectivity index is 2.20. The van der Waals surface area contributed by atoms with Gasteiger partial charge in [-0.15, -0.1) is 0 Å². The van der Waals surface area contributed by atoms with Crippen LogP contribution in [0.1, 0.15) is 44.2 Å². The summed E-state index contributed by atoms with van der Waals surface area (Å²) in [6.45, 7) is 3.04. The molecule has 1 unspecified atom stereocenters. The van der Waals surface area contributed by atoms with Gasteiger partial charge < -0.3 is 15.7 Å². The summed E-state index contributed by atoms with van der Waals surface area (Å²) in [6, 6.07) is 6.66. The van der Waals surface area contributed by atoms with Crippen molar-refractivity contribution in [1.82, 2.24) is 0 Å². The minimum absolute atomic E-state index is 0.00106. The van der Waals surface area contributed by atoms with Gasteiger partial charge in [-0.2, -0.15) is 0 Å². The molecule has 0 aromatic heterocycles. The first-order valence-corrected chi connectivity index (χ1v) is 7.44. The van der Waals surface area contributed by atoms with Crippen molar-refractivity contribution in [2.75, 3.05) is 18.1 Å². The van der Waals surface area contributed by atoms with Crippen LogP contribution in [0.15, 0.2) is 18.2 Å². The van der Waals surface area contributed by atoms with Crippen molar-refractivity contribution < 1.29 is 5.11 Å².